The Bertz CT molecular complexity index is 305. The van der Waals surface area contributed by atoms with Gasteiger partial charge in [0.2, 0.25) is 0 Å². The van der Waals surface area contributed by atoms with Crippen LogP contribution < -0.4 is 11.1 Å². The van der Waals surface area contributed by atoms with Crippen LogP contribution in [-0.4, -0.2) is 11.5 Å². The predicted octanol–water partition coefficient (Wildman–Crippen LogP) is 2.66. The molecular formula is C12H19N3. The fraction of sp³-hybridized carbons (Fsp3) is 0.583. The van der Waals surface area contributed by atoms with Crippen molar-refractivity contribution < 1.29 is 0 Å². The summed E-state index contributed by atoms with van der Waals surface area (Å²) >= 11 is 0. The first-order chi connectivity index (χ1) is 7.34. The summed E-state index contributed by atoms with van der Waals surface area (Å²) in [5, 5.41) is 3.36. The largest absolute Gasteiger partial charge is 0.384 e. The molecule has 3 heteroatoms. The molecule has 1 heterocycles. The predicted molar refractivity (Wildman–Crippen MR) is 63.7 cm³/mol. The summed E-state index contributed by atoms with van der Waals surface area (Å²) < 4.78 is 0. The molecule has 3 nitrogen and oxygen atoms in total. The molecule has 0 spiro atoms. The lowest BCUT2D eigenvalue weighted by Gasteiger charge is -2.21. The summed E-state index contributed by atoms with van der Waals surface area (Å²) in [6.45, 7) is 1.04. The molecule has 82 valence electrons. The second-order valence-electron chi connectivity index (χ2n) is 4.33. The molecule has 1 aliphatic rings. The quantitative estimate of drug-likeness (QED) is 0.797. The zero-order valence-electron chi connectivity index (χ0n) is 9.08. The van der Waals surface area contributed by atoms with Gasteiger partial charge < -0.3 is 11.1 Å². The Balaban J connectivity index is 1.81. The molecule has 1 aromatic heterocycles. The van der Waals surface area contributed by atoms with Gasteiger partial charge >= 0.3 is 0 Å². The van der Waals surface area contributed by atoms with Gasteiger partial charge in [-0.3, -0.25) is 0 Å². The SMILES string of the molecule is Nc1cccc(NCC2CCCCC2)n1. The minimum absolute atomic E-state index is 0.587. The zero-order chi connectivity index (χ0) is 10.5. The maximum absolute atomic E-state index is 5.62. The van der Waals surface area contributed by atoms with Crippen LogP contribution in [0.25, 0.3) is 0 Å². The summed E-state index contributed by atoms with van der Waals surface area (Å²) in [5.74, 6) is 2.31. The highest BCUT2D eigenvalue weighted by atomic mass is 15.0. The second kappa shape index (κ2) is 5.01. The lowest BCUT2D eigenvalue weighted by atomic mass is 9.89. The number of nitrogens with one attached hydrogen (secondary N) is 1. The van der Waals surface area contributed by atoms with Crippen LogP contribution in [0, 0.1) is 5.92 Å². The van der Waals surface area contributed by atoms with E-state index in [4.69, 9.17) is 5.73 Å². The summed E-state index contributed by atoms with van der Waals surface area (Å²) in [5.41, 5.74) is 5.62. The van der Waals surface area contributed by atoms with Crippen molar-refractivity contribution in [2.45, 2.75) is 32.1 Å². The minimum atomic E-state index is 0.587. The van der Waals surface area contributed by atoms with Gasteiger partial charge in [0, 0.05) is 6.54 Å². The van der Waals surface area contributed by atoms with Crippen molar-refractivity contribution in [3.05, 3.63) is 18.2 Å². The molecule has 0 atom stereocenters. The van der Waals surface area contributed by atoms with Crippen molar-refractivity contribution in [2.75, 3.05) is 17.6 Å². The van der Waals surface area contributed by atoms with E-state index in [0.717, 1.165) is 18.3 Å². The molecule has 0 unspecified atom stereocenters. The average molecular weight is 205 g/mol. The number of nitrogen functional groups attached to an aromatic ring is 1. The molecule has 1 saturated carbocycles. The van der Waals surface area contributed by atoms with Crippen LogP contribution in [0.4, 0.5) is 11.6 Å². The first kappa shape index (κ1) is 10.3. The highest BCUT2D eigenvalue weighted by Gasteiger charge is 2.12. The standard InChI is InChI=1S/C12H19N3/c13-11-7-4-8-12(15-11)14-9-10-5-2-1-3-6-10/h4,7-8,10H,1-3,5-6,9H2,(H3,13,14,15). The number of aromatic nitrogens is 1. The van der Waals surface area contributed by atoms with E-state index in [1.165, 1.54) is 32.1 Å². The highest BCUT2D eigenvalue weighted by molar-refractivity contribution is 5.42. The van der Waals surface area contributed by atoms with Gasteiger partial charge in [-0.15, -0.1) is 0 Å². The Morgan fingerprint density at radius 3 is 2.80 bits per heavy atom. The molecule has 0 bridgehead atoms. The van der Waals surface area contributed by atoms with Crippen molar-refractivity contribution >= 4 is 11.6 Å². The number of rotatable bonds is 3. The van der Waals surface area contributed by atoms with Crippen LogP contribution in [0.1, 0.15) is 32.1 Å². The van der Waals surface area contributed by atoms with Crippen LogP contribution in [0.2, 0.25) is 0 Å². The first-order valence-corrected chi connectivity index (χ1v) is 5.81. The Morgan fingerprint density at radius 2 is 2.07 bits per heavy atom. The average Bonchev–Trinajstić information content (AvgIpc) is 2.28. The van der Waals surface area contributed by atoms with Crippen LogP contribution in [-0.2, 0) is 0 Å². The normalized spacial score (nSPS) is 17.6. The van der Waals surface area contributed by atoms with E-state index in [-0.39, 0.29) is 0 Å². The topological polar surface area (TPSA) is 50.9 Å². The van der Waals surface area contributed by atoms with E-state index in [2.05, 4.69) is 10.3 Å². The Kier molecular flexibility index (Phi) is 3.43. The molecule has 0 saturated heterocycles. The van der Waals surface area contributed by atoms with Crippen molar-refractivity contribution in [2.24, 2.45) is 5.92 Å². The highest BCUT2D eigenvalue weighted by Crippen LogP contribution is 2.23. The molecule has 1 aromatic rings. The van der Waals surface area contributed by atoms with E-state index in [9.17, 15) is 0 Å². The van der Waals surface area contributed by atoms with E-state index in [1.807, 2.05) is 18.2 Å². The molecule has 1 aliphatic carbocycles. The third-order valence-corrected chi connectivity index (χ3v) is 3.07. The van der Waals surface area contributed by atoms with Crippen LogP contribution in [0.3, 0.4) is 0 Å². The third-order valence-electron chi connectivity index (χ3n) is 3.07. The summed E-state index contributed by atoms with van der Waals surface area (Å²) in [6, 6.07) is 5.72. The summed E-state index contributed by atoms with van der Waals surface area (Å²) in [6.07, 6.45) is 6.89. The zero-order valence-corrected chi connectivity index (χ0v) is 9.08. The van der Waals surface area contributed by atoms with Gasteiger partial charge in [0.25, 0.3) is 0 Å². The molecule has 15 heavy (non-hydrogen) atoms. The van der Waals surface area contributed by atoms with Crippen molar-refractivity contribution in [3.63, 3.8) is 0 Å². The van der Waals surface area contributed by atoms with Crippen LogP contribution >= 0.6 is 0 Å². The van der Waals surface area contributed by atoms with Gasteiger partial charge in [0.15, 0.2) is 0 Å². The Morgan fingerprint density at radius 1 is 1.27 bits per heavy atom. The molecule has 0 aromatic carbocycles. The Labute approximate surface area is 91.1 Å². The van der Waals surface area contributed by atoms with Gasteiger partial charge in [0.05, 0.1) is 0 Å². The molecule has 2 rings (SSSR count). The summed E-state index contributed by atoms with van der Waals surface area (Å²) in [7, 11) is 0. The van der Waals surface area contributed by atoms with Gasteiger partial charge in [-0.25, -0.2) is 4.98 Å². The van der Waals surface area contributed by atoms with Crippen molar-refractivity contribution in [3.8, 4) is 0 Å². The number of nitrogens with zero attached hydrogens (tertiary/aromatic N) is 1. The van der Waals surface area contributed by atoms with Crippen molar-refractivity contribution in [1.29, 1.82) is 0 Å². The number of anilines is 2. The molecule has 0 aliphatic heterocycles. The smallest absolute Gasteiger partial charge is 0.128 e. The first-order valence-electron chi connectivity index (χ1n) is 5.81. The van der Waals surface area contributed by atoms with Gasteiger partial charge in [-0.2, -0.15) is 0 Å². The lowest BCUT2D eigenvalue weighted by Crippen LogP contribution is -2.17. The number of hydrogen-bond donors (Lipinski definition) is 2. The van der Waals surface area contributed by atoms with Gasteiger partial charge in [-0.1, -0.05) is 25.3 Å². The van der Waals surface area contributed by atoms with Crippen LogP contribution in [0.5, 0.6) is 0 Å². The number of pyridine rings is 1. The van der Waals surface area contributed by atoms with Crippen LogP contribution in [0.15, 0.2) is 18.2 Å². The van der Waals surface area contributed by atoms with E-state index < -0.39 is 0 Å². The molecule has 0 radical (unpaired) electrons. The minimum Gasteiger partial charge on any atom is -0.384 e. The van der Waals surface area contributed by atoms with Gasteiger partial charge in [-0.05, 0) is 30.9 Å². The van der Waals surface area contributed by atoms with E-state index >= 15 is 0 Å². The maximum Gasteiger partial charge on any atom is 0.128 e. The molecule has 1 fully saturated rings. The number of nitrogens with two attached hydrogens (primary N) is 1. The van der Waals surface area contributed by atoms with Crippen molar-refractivity contribution in [1.82, 2.24) is 4.98 Å². The molecular weight excluding hydrogens is 186 g/mol. The fourth-order valence-electron chi connectivity index (χ4n) is 2.19. The third kappa shape index (κ3) is 3.11. The monoisotopic (exact) mass is 205 g/mol. The van der Waals surface area contributed by atoms with Gasteiger partial charge in [0.1, 0.15) is 11.6 Å². The number of hydrogen-bond acceptors (Lipinski definition) is 3. The lowest BCUT2D eigenvalue weighted by molar-refractivity contribution is 0.373. The van der Waals surface area contributed by atoms with E-state index in [1.54, 1.807) is 0 Å². The Hall–Kier alpha value is -1.25. The second-order valence-corrected chi connectivity index (χ2v) is 4.33. The maximum atomic E-state index is 5.62. The molecule has 0 amide bonds. The summed E-state index contributed by atoms with van der Waals surface area (Å²) in [4.78, 5) is 4.22. The van der Waals surface area contributed by atoms with E-state index in [0.29, 0.717) is 5.82 Å². The fourth-order valence-corrected chi connectivity index (χ4v) is 2.19. The molecule has 3 N–H and O–H groups in total.